The predicted molar refractivity (Wildman–Crippen MR) is 60.2 cm³/mol. The topological polar surface area (TPSA) is 52.6 Å². The van der Waals surface area contributed by atoms with E-state index in [2.05, 4.69) is 9.47 Å². The molecule has 4 nitrogen and oxygen atoms in total. The van der Waals surface area contributed by atoms with Crippen LogP contribution in [0.2, 0.25) is 0 Å². The largest absolute Gasteiger partial charge is 0.468 e. The van der Waals surface area contributed by atoms with Gasteiger partial charge >= 0.3 is 11.9 Å². The quantitative estimate of drug-likeness (QED) is 0.602. The Kier molecular flexibility index (Phi) is 3.26. The Morgan fingerprint density at radius 1 is 1.00 bits per heavy atom. The van der Waals surface area contributed by atoms with E-state index in [1.54, 1.807) is 0 Å². The number of halogens is 2. The van der Waals surface area contributed by atoms with Crippen LogP contribution in [0.3, 0.4) is 0 Å². The molecule has 1 aromatic carbocycles. The summed E-state index contributed by atoms with van der Waals surface area (Å²) in [5, 5.41) is 0. The maximum absolute atomic E-state index is 13.7. The summed E-state index contributed by atoms with van der Waals surface area (Å²) >= 11 is 0. The lowest BCUT2D eigenvalue weighted by molar-refractivity contribution is -0.168. The number of benzene rings is 1. The fourth-order valence-electron chi connectivity index (χ4n) is 2.45. The van der Waals surface area contributed by atoms with Crippen molar-refractivity contribution < 1.29 is 27.8 Å². The molecule has 0 saturated carbocycles. The zero-order valence-electron chi connectivity index (χ0n) is 10.5. The summed E-state index contributed by atoms with van der Waals surface area (Å²) in [5.74, 6) is -3.00. The highest BCUT2D eigenvalue weighted by Gasteiger charge is 2.54. The summed E-state index contributed by atoms with van der Waals surface area (Å²) in [6, 6.07) is 1.94. The van der Waals surface area contributed by atoms with Crippen LogP contribution < -0.4 is 0 Å². The number of carbonyl (C=O) groups excluding carboxylic acids is 2. The molecule has 1 aliphatic carbocycles. The van der Waals surface area contributed by atoms with Crippen molar-refractivity contribution in [1.29, 1.82) is 0 Å². The van der Waals surface area contributed by atoms with Crippen molar-refractivity contribution in [2.45, 2.75) is 12.8 Å². The molecule has 0 spiro atoms. The molecular formula is C13H12F2O4. The van der Waals surface area contributed by atoms with E-state index in [0.29, 0.717) is 0 Å². The van der Waals surface area contributed by atoms with E-state index in [-0.39, 0.29) is 24.0 Å². The van der Waals surface area contributed by atoms with Crippen LogP contribution in [0.5, 0.6) is 0 Å². The number of rotatable bonds is 2. The van der Waals surface area contributed by atoms with Crippen LogP contribution in [-0.2, 0) is 31.9 Å². The highest BCUT2D eigenvalue weighted by molar-refractivity contribution is 6.01. The van der Waals surface area contributed by atoms with Crippen LogP contribution in [0.15, 0.2) is 12.1 Å². The molecule has 0 N–H and O–H groups in total. The van der Waals surface area contributed by atoms with Gasteiger partial charge in [0.25, 0.3) is 0 Å². The molecule has 2 rings (SSSR count). The molecule has 0 atom stereocenters. The van der Waals surface area contributed by atoms with Crippen LogP contribution >= 0.6 is 0 Å². The Hall–Kier alpha value is -1.98. The van der Waals surface area contributed by atoms with Crippen molar-refractivity contribution in [3.05, 3.63) is 34.9 Å². The highest BCUT2D eigenvalue weighted by atomic mass is 19.1. The third-order valence-electron chi connectivity index (χ3n) is 3.43. The molecule has 19 heavy (non-hydrogen) atoms. The van der Waals surface area contributed by atoms with Gasteiger partial charge in [0.2, 0.25) is 0 Å². The van der Waals surface area contributed by atoms with Crippen molar-refractivity contribution in [2.75, 3.05) is 14.2 Å². The van der Waals surface area contributed by atoms with Gasteiger partial charge in [0.15, 0.2) is 5.41 Å². The zero-order valence-corrected chi connectivity index (χ0v) is 10.5. The molecule has 0 unspecified atom stereocenters. The summed E-state index contributed by atoms with van der Waals surface area (Å²) in [6.45, 7) is 0. The van der Waals surface area contributed by atoms with Gasteiger partial charge in [-0.05, 0) is 23.3 Å². The normalized spacial score (nSPS) is 15.8. The summed E-state index contributed by atoms with van der Waals surface area (Å²) in [6.07, 6.45) is -0.517. The maximum Gasteiger partial charge on any atom is 0.323 e. The minimum Gasteiger partial charge on any atom is -0.468 e. The highest BCUT2D eigenvalue weighted by Crippen LogP contribution is 2.41. The van der Waals surface area contributed by atoms with E-state index >= 15 is 0 Å². The Morgan fingerprint density at radius 2 is 1.37 bits per heavy atom. The van der Waals surface area contributed by atoms with Crippen molar-refractivity contribution in [1.82, 2.24) is 0 Å². The molecule has 0 aliphatic heterocycles. The molecule has 0 aromatic heterocycles. The third-order valence-corrected chi connectivity index (χ3v) is 3.43. The average Bonchev–Trinajstić information content (AvgIpc) is 2.84. The molecule has 0 heterocycles. The number of hydrogen-bond donors (Lipinski definition) is 0. The minimum absolute atomic E-state index is 0.0239. The van der Waals surface area contributed by atoms with Crippen molar-refractivity contribution >= 4 is 11.9 Å². The number of fused-ring (bicyclic) bond motifs is 1. The molecule has 6 heteroatoms. The molecule has 1 aliphatic rings. The van der Waals surface area contributed by atoms with Crippen LogP contribution in [0.25, 0.3) is 0 Å². The lowest BCUT2D eigenvalue weighted by Crippen LogP contribution is -2.42. The van der Waals surface area contributed by atoms with Crippen LogP contribution in [0, 0.1) is 17.0 Å². The molecule has 102 valence electrons. The monoisotopic (exact) mass is 270 g/mol. The summed E-state index contributed by atoms with van der Waals surface area (Å²) in [4.78, 5) is 23.7. The van der Waals surface area contributed by atoms with E-state index in [4.69, 9.17) is 0 Å². The average molecular weight is 270 g/mol. The van der Waals surface area contributed by atoms with E-state index in [1.165, 1.54) is 0 Å². The molecule has 0 amide bonds. The van der Waals surface area contributed by atoms with Gasteiger partial charge in [-0.25, -0.2) is 8.78 Å². The molecular weight excluding hydrogens is 258 g/mol. The first kappa shape index (κ1) is 13.5. The van der Waals surface area contributed by atoms with Gasteiger partial charge in [-0.2, -0.15) is 0 Å². The molecule has 0 radical (unpaired) electrons. The second-order valence-electron chi connectivity index (χ2n) is 4.41. The zero-order chi connectivity index (χ0) is 14.2. The SMILES string of the molecule is COC(=O)C1(C(=O)OC)Cc2c(F)ccc(F)c2C1. The van der Waals surface area contributed by atoms with Crippen LogP contribution in [0.4, 0.5) is 8.78 Å². The smallest absolute Gasteiger partial charge is 0.323 e. The van der Waals surface area contributed by atoms with Gasteiger partial charge < -0.3 is 9.47 Å². The maximum atomic E-state index is 13.7. The lowest BCUT2D eigenvalue weighted by Gasteiger charge is -2.22. The van der Waals surface area contributed by atoms with Gasteiger partial charge in [-0.1, -0.05) is 0 Å². The van der Waals surface area contributed by atoms with E-state index < -0.39 is 29.0 Å². The third kappa shape index (κ3) is 1.87. The van der Waals surface area contributed by atoms with Gasteiger partial charge in [-0.15, -0.1) is 0 Å². The first-order chi connectivity index (χ1) is 8.96. The first-order valence-corrected chi connectivity index (χ1v) is 5.59. The number of hydrogen-bond acceptors (Lipinski definition) is 4. The van der Waals surface area contributed by atoms with Gasteiger partial charge in [-0.3, -0.25) is 9.59 Å². The summed E-state index contributed by atoms with van der Waals surface area (Å²) in [5.41, 5.74) is -1.65. The standard InChI is InChI=1S/C13H12F2O4/c1-18-11(16)13(12(17)19-2)5-7-8(6-13)10(15)4-3-9(7)14/h3-4H,5-6H2,1-2H3. The fourth-order valence-corrected chi connectivity index (χ4v) is 2.45. The summed E-state index contributed by atoms with van der Waals surface area (Å²) in [7, 11) is 2.23. The number of ether oxygens (including phenoxy) is 2. The van der Waals surface area contributed by atoms with Crippen LogP contribution in [-0.4, -0.2) is 26.2 Å². The Morgan fingerprint density at radius 3 is 1.68 bits per heavy atom. The first-order valence-electron chi connectivity index (χ1n) is 5.59. The molecule has 0 fully saturated rings. The minimum atomic E-state index is -1.70. The van der Waals surface area contributed by atoms with Gasteiger partial charge in [0.05, 0.1) is 14.2 Å². The number of carbonyl (C=O) groups is 2. The number of methoxy groups -OCH3 is 2. The number of esters is 2. The van der Waals surface area contributed by atoms with E-state index in [9.17, 15) is 18.4 Å². The Labute approximate surface area is 108 Å². The molecule has 0 bridgehead atoms. The second-order valence-corrected chi connectivity index (χ2v) is 4.41. The fraction of sp³-hybridized carbons (Fsp3) is 0.385. The van der Waals surface area contributed by atoms with Crippen molar-refractivity contribution in [3.63, 3.8) is 0 Å². The molecule has 0 saturated heterocycles. The Balaban J connectivity index is 2.54. The van der Waals surface area contributed by atoms with E-state index in [0.717, 1.165) is 26.4 Å². The lowest BCUT2D eigenvalue weighted by atomic mass is 9.85. The summed E-state index contributed by atoms with van der Waals surface area (Å²) < 4.78 is 36.5. The van der Waals surface area contributed by atoms with Crippen LogP contribution in [0.1, 0.15) is 11.1 Å². The molecule has 1 aromatic rings. The van der Waals surface area contributed by atoms with E-state index in [1.807, 2.05) is 0 Å². The van der Waals surface area contributed by atoms with Gasteiger partial charge in [0, 0.05) is 12.8 Å². The van der Waals surface area contributed by atoms with Crippen molar-refractivity contribution in [2.24, 2.45) is 5.41 Å². The Bertz CT molecular complexity index is 505. The predicted octanol–water partition coefficient (Wildman–Crippen LogP) is 1.40. The van der Waals surface area contributed by atoms with Crippen molar-refractivity contribution in [3.8, 4) is 0 Å². The second kappa shape index (κ2) is 4.60. The van der Waals surface area contributed by atoms with Gasteiger partial charge in [0.1, 0.15) is 11.6 Å².